The van der Waals surface area contributed by atoms with Crippen LogP contribution in [0.4, 0.5) is 8.78 Å². The van der Waals surface area contributed by atoms with Crippen molar-refractivity contribution in [1.82, 2.24) is 5.32 Å². The lowest BCUT2D eigenvalue weighted by atomic mass is 10.1. The van der Waals surface area contributed by atoms with Crippen LogP contribution in [0.3, 0.4) is 0 Å². The van der Waals surface area contributed by atoms with Crippen molar-refractivity contribution in [3.8, 4) is 0 Å². The van der Waals surface area contributed by atoms with Crippen molar-refractivity contribution in [3.63, 3.8) is 0 Å². The summed E-state index contributed by atoms with van der Waals surface area (Å²) in [7, 11) is 0. The van der Waals surface area contributed by atoms with Crippen molar-refractivity contribution in [3.05, 3.63) is 33.5 Å². The highest BCUT2D eigenvalue weighted by Crippen LogP contribution is 2.36. The minimum absolute atomic E-state index is 0.0212. The second kappa shape index (κ2) is 5.45. The van der Waals surface area contributed by atoms with Gasteiger partial charge in [0, 0.05) is 21.5 Å². The quantitative estimate of drug-likeness (QED) is 0.797. The Hall–Kier alpha value is -0.940. The van der Waals surface area contributed by atoms with Gasteiger partial charge in [-0.1, -0.05) is 13.3 Å². The first kappa shape index (κ1) is 14.0. The minimum atomic E-state index is -0.904. The zero-order valence-electron chi connectivity index (χ0n) is 11.2. The van der Waals surface area contributed by atoms with Gasteiger partial charge in [-0.25, -0.2) is 4.39 Å². The third-order valence-corrected chi connectivity index (χ3v) is 4.25. The van der Waals surface area contributed by atoms with Crippen molar-refractivity contribution in [2.24, 2.45) is 0 Å². The first-order valence-electron chi connectivity index (χ1n) is 6.93. The monoisotopic (exact) mass is 343 g/mol. The summed E-state index contributed by atoms with van der Waals surface area (Å²) in [5.41, 5.74) is 0.995. The van der Waals surface area contributed by atoms with E-state index in [1.165, 1.54) is 18.9 Å². The summed E-state index contributed by atoms with van der Waals surface area (Å²) in [4.78, 5) is 0. The molecular weight excluding hydrogens is 328 g/mol. The number of benzene rings is 1. The Morgan fingerprint density at radius 1 is 1.40 bits per heavy atom. The number of nitrogens with one attached hydrogen (secondary N) is 1. The summed E-state index contributed by atoms with van der Waals surface area (Å²) in [6.45, 7) is 2.63. The lowest BCUT2D eigenvalue weighted by molar-refractivity contribution is 0.465. The van der Waals surface area contributed by atoms with Gasteiger partial charge in [0.2, 0.25) is 5.82 Å². The third-order valence-electron chi connectivity index (χ3n) is 3.62. The number of hydrogen-bond donors (Lipinski definition) is 1. The fourth-order valence-electron chi connectivity index (χ4n) is 2.46. The van der Waals surface area contributed by atoms with Crippen LogP contribution >= 0.6 is 15.9 Å². The van der Waals surface area contributed by atoms with Crippen LogP contribution in [0.2, 0.25) is 0 Å². The van der Waals surface area contributed by atoms with Gasteiger partial charge in [0.25, 0.3) is 0 Å². The van der Waals surface area contributed by atoms with Gasteiger partial charge in [-0.2, -0.15) is 4.39 Å². The maximum atomic E-state index is 13.9. The second-order valence-electron chi connectivity index (χ2n) is 5.27. The van der Waals surface area contributed by atoms with Gasteiger partial charge in [-0.3, -0.25) is 0 Å². The van der Waals surface area contributed by atoms with Crippen LogP contribution in [0, 0.1) is 11.6 Å². The highest BCUT2D eigenvalue weighted by Gasteiger charge is 2.24. The van der Waals surface area contributed by atoms with Crippen LogP contribution < -0.4 is 5.32 Å². The van der Waals surface area contributed by atoms with E-state index in [-0.39, 0.29) is 5.58 Å². The molecule has 3 rings (SSSR count). The molecule has 0 aliphatic heterocycles. The average Bonchev–Trinajstić information content (AvgIpc) is 3.16. The highest BCUT2D eigenvalue weighted by molar-refractivity contribution is 9.10. The largest absolute Gasteiger partial charge is 0.456 e. The summed E-state index contributed by atoms with van der Waals surface area (Å²) < 4.78 is 33.6. The molecule has 1 heterocycles. The molecule has 0 atom stereocenters. The Bertz CT molecular complexity index is 649. The zero-order chi connectivity index (χ0) is 14.3. The summed E-state index contributed by atoms with van der Waals surface area (Å²) in [5, 5.41) is 4.03. The van der Waals surface area contributed by atoms with E-state index in [2.05, 4.69) is 28.2 Å². The molecule has 0 radical (unpaired) electrons. The smallest absolute Gasteiger partial charge is 0.201 e. The van der Waals surface area contributed by atoms with Crippen LogP contribution in [-0.4, -0.2) is 6.04 Å². The SMILES string of the molecule is CCCc1c(CNC2CC2)oc2c(F)c(F)cc(Br)c12. The topological polar surface area (TPSA) is 25.2 Å². The van der Waals surface area contributed by atoms with Crippen LogP contribution in [0.5, 0.6) is 0 Å². The number of aryl methyl sites for hydroxylation is 1. The Labute approximate surface area is 124 Å². The van der Waals surface area contributed by atoms with Crippen LogP contribution in [0.15, 0.2) is 15.0 Å². The molecule has 0 unspecified atom stereocenters. The predicted octanol–water partition coefficient (Wildman–Crippen LogP) is 4.68. The number of hydrogen-bond acceptors (Lipinski definition) is 2. The predicted molar refractivity (Wildman–Crippen MR) is 77.7 cm³/mol. The summed E-state index contributed by atoms with van der Waals surface area (Å²) >= 11 is 3.32. The molecule has 108 valence electrons. The first-order chi connectivity index (χ1) is 9.61. The lowest BCUT2D eigenvalue weighted by Crippen LogP contribution is -2.15. The Morgan fingerprint density at radius 2 is 2.15 bits per heavy atom. The molecule has 1 saturated carbocycles. The number of furan rings is 1. The van der Waals surface area contributed by atoms with Gasteiger partial charge in [0.1, 0.15) is 5.76 Å². The van der Waals surface area contributed by atoms with E-state index in [9.17, 15) is 8.78 Å². The average molecular weight is 344 g/mol. The Balaban J connectivity index is 2.09. The van der Waals surface area contributed by atoms with Crippen LogP contribution in [0.1, 0.15) is 37.5 Å². The lowest BCUT2D eigenvalue weighted by Gasteiger charge is -2.03. The molecule has 2 nitrogen and oxygen atoms in total. The number of fused-ring (bicyclic) bond motifs is 1. The highest BCUT2D eigenvalue weighted by atomic mass is 79.9. The number of rotatable bonds is 5. The summed E-state index contributed by atoms with van der Waals surface area (Å²) in [6, 6.07) is 1.72. The Morgan fingerprint density at radius 3 is 2.80 bits per heavy atom. The first-order valence-corrected chi connectivity index (χ1v) is 7.72. The maximum Gasteiger partial charge on any atom is 0.201 e. The van der Waals surface area contributed by atoms with E-state index < -0.39 is 11.6 Å². The van der Waals surface area contributed by atoms with E-state index in [1.807, 2.05) is 0 Å². The van der Waals surface area contributed by atoms with Crippen LogP contribution in [0.25, 0.3) is 11.0 Å². The molecule has 1 fully saturated rings. The van der Waals surface area contributed by atoms with E-state index in [1.54, 1.807) is 0 Å². The fourth-order valence-corrected chi connectivity index (χ4v) is 3.08. The van der Waals surface area contributed by atoms with E-state index in [4.69, 9.17) is 4.42 Å². The van der Waals surface area contributed by atoms with Crippen LogP contribution in [-0.2, 0) is 13.0 Å². The molecule has 5 heteroatoms. The molecule has 20 heavy (non-hydrogen) atoms. The molecule has 2 aromatic rings. The van der Waals surface area contributed by atoms with E-state index >= 15 is 0 Å². The Kier molecular flexibility index (Phi) is 3.82. The molecule has 0 saturated heterocycles. The summed E-state index contributed by atoms with van der Waals surface area (Å²) in [6.07, 6.45) is 4.07. The van der Waals surface area contributed by atoms with Crippen molar-refractivity contribution in [2.45, 2.75) is 45.2 Å². The fraction of sp³-hybridized carbons (Fsp3) is 0.467. The second-order valence-corrected chi connectivity index (χ2v) is 6.12. The molecular formula is C15H16BrF2NO. The molecule has 1 aliphatic carbocycles. The van der Waals surface area contributed by atoms with Gasteiger partial charge in [0.05, 0.1) is 6.54 Å². The molecule has 1 N–H and O–H groups in total. The van der Waals surface area contributed by atoms with Gasteiger partial charge in [0.15, 0.2) is 11.4 Å². The maximum absolute atomic E-state index is 13.9. The van der Waals surface area contributed by atoms with Gasteiger partial charge < -0.3 is 9.73 Å². The van der Waals surface area contributed by atoms with Gasteiger partial charge in [-0.05, 0) is 41.3 Å². The third kappa shape index (κ3) is 2.49. The molecule has 1 aliphatic rings. The van der Waals surface area contributed by atoms with Crippen molar-refractivity contribution >= 4 is 26.9 Å². The van der Waals surface area contributed by atoms with Crippen molar-refractivity contribution < 1.29 is 13.2 Å². The standard InChI is InChI=1S/C15H16BrF2NO/c1-2-3-9-12(7-19-8-4-5-8)20-15-13(9)10(16)6-11(17)14(15)18/h6,8,19H,2-5,7H2,1H3. The minimum Gasteiger partial charge on any atom is -0.456 e. The normalized spacial score (nSPS) is 15.2. The number of halogens is 3. The molecule has 0 amide bonds. The van der Waals surface area contributed by atoms with Gasteiger partial charge in [-0.15, -0.1) is 0 Å². The molecule has 1 aromatic heterocycles. The van der Waals surface area contributed by atoms with Crippen molar-refractivity contribution in [2.75, 3.05) is 0 Å². The van der Waals surface area contributed by atoms with E-state index in [0.717, 1.165) is 24.2 Å². The summed E-state index contributed by atoms with van der Waals surface area (Å²) in [5.74, 6) is -1.07. The van der Waals surface area contributed by atoms with Crippen molar-refractivity contribution in [1.29, 1.82) is 0 Å². The molecule has 0 spiro atoms. The van der Waals surface area contributed by atoms with E-state index in [0.29, 0.717) is 22.4 Å². The van der Waals surface area contributed by atoms with Gasteiger partial charge >= 0.3 is 0 Å². The molecule has 0 bridgehead atoms. The molecule has 1 aromatic carbocycles. The zero-order valence-corrected chi connectivity index (χ0v) is 12.8.